The van der Waals surface area contributed by atoms with Crippen molar-refractivity contribution in [3.05, 3.63) is 80.7 Å². The van der Waals surface area contributed by atoms with Gasteiger partial charge in [-0.25, -0.2) is 4.79 Å². The largest absolute Gasteiger partial charge is 1.00 e. The second-order valence-electron chi connectivity index (χ2n) is 10.4. The van der Waals surface area contributed by atoms with Crippen LogP contribution in [0, 0.1) is 11.8 Å². The van der Waals surface area contributed by atoms with E-state index >= 15 is 0 Å². The molecular weight excluding hydrogens is 558 g/mol. The van der Waals surface area contributed by atoms with Gasteiger partial charge in [-0.15, -0.1) is 22.7 Å². The van der Waals surface area contributed by atoms with E-state index < -0.39 is 11.6 Å². The van der Waals surface area contributed by atoms with Gasteiger partial charge in [0.2, 0.25) is 5.60 Å². The monoisotopic (exact) mass is 591 g/mol. The van der Waals surface area contributed by atoms with Gasteiger partial charge in [-0.1, -0.05) is 42.5 Å². The normalized spacial score (nSPS) is 23.4. The van der Waals surface area contributed by atoms with Crippen molar-refractivity contribution >= 4 is 28.6 Å². The van der Waals surface area contributed by atoms with Gasteiger partial charge in [0.15, 0.2) is 0 Å². The molecule has 1 aromatic carbocycles. The summed E-state index contributed by atoms with van der Waals surface area (Å²) >= 11 is 2.77. The second kappa shape index (κ2) is 11.5. The first-order chi connectivity index (χ1) is 16.9. The van der Waals surface area contributed by atoms with E-state index in [2.05, 4.69) is 26.2 Å². The Bertz CT molecular complexity index is 1070. The number of quaternary nitrogens is 1. The van der Waals surface area contributed by atoms with Crippen LogP contribution in [0.2, 0.25) is 0 Å². The van der Waals surface area contributed by atoms with Crippen LogP contribution in [-0.2, 0) is 26.5 Å². The SMILES string of the molecule is C[N+](C)(CCOCc1ccccc1)C1C2CC[C@@H]1[C@H](OC(=O)C(O)(c1cccs1)c1cccs1)C2.[Br-]. The average Bonchev–Trinajstić information content (AvgIpc) is 3.66. The molecule has 8 heteroatoms. The van der Waals surface area contributed by atoms with Gasteiger partial charge in [0.1, 0.15) is 12.6 Å². The highest BCUT2D eigenvalue weighted by Gasteiger charge is 2.58. The third-order valence-corrected chi connectivity index (χ3v) is 9.80. The maximum atomic E-state index is 13.5. The number of ether oxygens (including phenoxy) is 2. The summed E-state index contributed by atoms with van der Waals surface area (Å²) in [6, 6.07) is 18.0. The lowest BCUT2D eigenvalue weighted by Gasteiger charge is -2.39. The fourth-order valence-electron chi connectivity index (χ4n) is 6.19. The number of aliphatic hydroxyl groups is 1. The van der Waals surface area contributed by atoms with Crippen LogP contribution in [0.5, 0.6) is 0 Å². The lowest BCUT2D eigenvalue weighted by molar-refractivity contribution is -0.920. The summed E-state index contributed by atoms with van der Waals surface area (Å²) in [6.45, 7) is 2.24. The molecule has 0 amide bonds. The van der Waals surface area contributed by atoms with E-state index in [9.17, 15) is 9.90 Å². The Labute approximate surface area is 232 Å². The van der Waals surface area contributed by atoms with E-state index in [1.807, 2.05) is 53.2 Å². The molecule has 0 spiro atoms. The first-order valence-corrected chi connectivity index (χ1v) is 14.1. The Hall–Kier alpha value is -1.55. The van der Waals surface area contributed by atoms with E-state index in [0.717, 1.165) is 23.9 Å². The number of carbonyl (C=O) groups is 1. The van der Waals surface area contributed by atoms with Crippen LogP contribution in [0.4, 0.5) is 0 Å². The maximum absolute atomic E-state index is 13.5. The molecule has 0 saturated heterocycles. The van der Waals surface area contributed by atoms with Crippen molar-refractivity contribution in [2.24, 2.45) is 11.8 Å². The van der Waals surface area contributed by atoms with Gasteiger partial charge >= 0.3 is 5.97 Å². The van der Waals surface area contributed by atoms with Crippen LogP contribution in [0.15, 0.2) is 65.4 Å². The second-order valence-corrected chi connectivity index (χ2v) is 12.3. The van der Waals surface area contributed by atoms with Crippen LogP contribution >= 0.6 is 22.7 Å². The molecule has 1 N–H and O–H groups in total. The molecule has 3 aromatic rings. The summed E-state index contributed by atoms with van der Waals surface area (Å²) in [6.07, 6.45) is 2.96. The first-order valence-electron chi connectivity index (χ1n) is 12.4. The minimum Gasteiger partial charge on any atom is -1.00 e. The fraction of sp³-hybridized carbons (Fsp3) is 0.464. The topological polar surface area (TPSA) is 55.8 Å². The predicted octanol–water partition coefficient (Wildman–Crippen LogP) is 2.05. The standard InChI is InChI=1S/C28H34NO4S2.BrH/c1-29(2,14-15-32-19-20-8-4-3-5-9-20)26-21-12-13-22(26)23(18-21)33-27(30)28(31,24-10-6-16-34-24)25-11-7-17-35-25;/h3-11,16-17,21-23,26,31H,12-15,18-19H2,1-2H3;1H/q+1;/p-1/t21?,22-,23-,26?;/m1./s1. The molecule has 0 aliphatic heterocycles. The molecule has 2 aromatic heterocycles. The molecule has 2 bridgehead atoms. The number of fused-ring (bicyclic) bond motifs is 2. The number of likely N-dealkylation sites (N-methyl/N-ethyl adjacent to an activating group) is 1. The molecule has 5 nitrogen and oxygen atoms in total. The lowest BCUT2D eigenvalue weighted by atomic mass is 9.96. The van der Waals surface area contributed by atoms with Crippen LogP contribution in [0.3, 0.4) is 0 Å². The minimum atomic E-state index is -1.74. The van der Waals surface area contributed by atoms with Gasteiger partial charge in [0.05, 0.1) is 43.1 Å². The Morgan fingerprint density at radius 3 is 2.31 bits per heavy atom. The number of thiophene rings is 2. The van der Waals surface area contributed by atoms with Gasteiger partial charge < -0.3 is 36.0 Å². The highest BCUT2D eigenvalue weighted by Crippen LogP contribution is 2.51. The highest BCUT2D eigenvalue weighted by atomic mass is 79.9. The number of hydrogen-bond acceptors (Lipinski definition) is 6. The van der Waals surface area contributed by atoms with Gasteiger partial charge in [-0.05, 0) is 47.7 Å². The Morgan fingerprint density at radius 1 is 1.03 bits per heavy atom. The van der Waals surface area contributed by atoms with E-state index in [1.165, 1.54) is 34.7 Å². The van der Waals surface area contributed by atoms with Crippen molar-refractivity contribution in [1.29, 1.82) is 0 Å². The Kier molecular flexibility index (Phi) is 8.75. The molecule has 5 rings (SSSR count). The van der Waals surface area contributed by atoms with Crippen molar-refractivity contribution < 1.29 is 40.8 Å². The zero-order valence-corrected chi connectivity index (χ0v) is 23.9. The van der Waals surface area contributed by atoms with E-state index in [1.54, 1.807) is 0 Å². The van der Waals surface area contributed by atoms with E-state index in [-0.39, 0.29) is 23.1 Å². The molecule has 0 radical (unpaired) electrons. The molecule has 2 unspecified atom stereocenters. The summed E-state index contributed by atoms with van der Waals surface area (Å²) < 4.78 is 13.0. The van der Waals surface area contributed by atoms with Gasteiger partial charge in [0, 0.05) is 11.8 Å². The lowest BCUT2D eigenvalue weighted by Crippen LogP contribution is -3.00. The Morgan fingerprint density at radius 2 is 1.69 bits per heavy atom. The number of benzene rings is 1. The number of halogens is 1. The van der Waals surface area contributed by atoms with Crippen LogP contribution in [0.25, 0.3) is 0 Å². The van der Waals surface area contributed by atoms with Crippen LogP contribution < -0.4 is 17.0 Å². The molecule has 4 atom stereocenters. The fourth-order valence-corrected chi connectivity index (χ4v) is 7.90. The number of nitrogens with zero attached hydrogens (tertiary/aromatic N) is 1. The maximum Gasteiger partial charge on any atom is 0.349 e. The summed E-state index contributed by atoms with van der Waals surface area (Å²) in [5.41, 5.74) is -0.551. The van der Waals surface area contributed by atoms with Crippen molar-refractivity contribution in [2.75, 3.05) is 27.2 Å². The summed E-state index contributed by atoms with van der Waals surface area (Å²) in [5, 5.41) is 15.4. The predicted molar refractivity (Wildman–Crippen MR) is 139 cm³/mol. The average molecular weight is 593 g/mol. The van der Waals surface area contributed by atoms with Gasteiger partial charge in [-0.2, -0.15) is 0 Å². The van der Waals surface area contributed by atoms with Crippen molar-refractivity contribution in [3.63, 3.8) is 0 Å². The zero-order chi connectivity index (χ0) is 24.5. The molecule has 194 valence electrons. The zero-order valence-electron chi connectivity index (χ0n) is 20.7. The van der Waals surface area contributed by atoms with Crippen LogP contribution in [-0.4, -0.2) is 55.0 Å². The number of rotatable bonds is 10. The van der Waals surface area contributed by atoms with Gasteiger partial charge in [0.25, 0.3) is 0 Å². The van der Waals surface area contributed by atoms with Gasteiger partial charge in [-0.3, -0.25) is 0 Å². The molecule has 36 heavy (non-hydrogen) atoms. The highest BCUT2D eigenvalue weighted by molar-refractivity contribution is 7.12. The van der Waals surface area contributed by atoms with Crippen molar-refractivity contribution in [3.8, 4) is 0 Å². The van der Waals surface area contributed by atoms with Crippen LogP contribution in [0.1, 0.15) is 34.6 Å². The minimum absolute atomic E-state index is 0. The van der Waals surface area contributed by atoms with E-state index in [4.69, 9.17) is 9.47 Å². The molecule has 2 fully saturated rings. The quantitative estimate of drug-likeness (QED) is 0.223. The smallest absolute Gasteiger partial charge is 0.349 e. The molecular formula is C28H34BrNO4S2. The summed E-state index contributed by atoms with van der Waals surface area (Å²) in [4.78, 5) is 14.7. The van der Waals surface area contributed by atoms with Crippen molar-refractivity contribution in [2.45, 2.75) is 43.6 Å². The molecule has 2 heterocycles. The first kappa shape index (κ1) is 27.5. The number of esters is 1. The molecule has 2 aliphatic carbocycles. The third-order valence-electron chi connectivity index (χ3n) is 7.84. The number of carbonyl (C=O) groups excluding carboxylic acids is 1. The molecule has 2 saturated carbocycles. The summed E-state index contributed by atoms with van der Waals surface area (Å²) in [5.74, 6) is 0.290. The molecule has 2 aliphatic rings. The third kappa shape index (κ3) is 5.35. The summed E-state index contributed by atoms with van der Waals surface area (Å²) in [7, 11) is 4.55. The van der Waals surface area contributed by atoms with E-state index in [0.29, 0.717) is 40.8 Å². The number of hydrogen-bond donors (Lipinski definition) is 1. The van der Waals surface area contributed by atoms with Crippen molar-refractivity contribution in [1.82, 2.24) is 0 Å². The Balaban J connectivity index is 0.00000304.